The molecule has 0 unspecified atom stereocenters. The summed E-state index contributed by atoms with van der Waals surface area (Å²) in [5.74, 6) is 0. The summed E-state index contributed by atoms with van der Waals surface area (Å²) in [5, 5.41) is 4.94. The Hall–Kier alpha value is -3.46. The third kappa shape index (κ3) is 3.56. The van der Waals surface area contributed by atoms with Crippen molar-refractivity contribution in [2.24, 2.45) is 0 Å². The van der Waals surface area contributed by atoms with Crippen LogP contribution in [0, 0.1) is 0 Å². The molecule has 0 saturated carbocycles. The molecule has 5 aromatic carbocycles. The monoisotopic (exact) mass is 458 g/mol. The molecular formula is C33H30O2. The Balaban J connectivity index is 1.69. The van der Waals surface area contributed by atoms with Crippen LogP contribution in [0.4, 0.5) is 0 Å². The third-order valence-electron chi connectivity index (χ3n) is 7.70. The summed E-state index contributed by atoms with van der Waals surface area (Å²) in [4.78, 5) is 0. The number of hydrogen-bond acceptors (Lipinski definition) is 2. The van der Waals surface area contributed by atoms with Crippen molar-refractivity contribution in [2.45, 2.75) is 45.2 Å². The van der Waals surface area contributed by atoms with Gasteiger partial charge in [-0.05, 0) is 77.6 Å². The van der Waals surface area contributed by atoms with E-state index in [-0.39, 0.29) is 11.2 Å². The van der Waals surface area contributed by atoms with Gasteiger partial charge in [0.05, 0.1) is 11.2 Å². The van der Waals surface area contributed by atoms with Gasteiger partial charge in [-0.15, -0.1) is 0 Å². The SMILES string of the molecule is CC1(C)OC(c2ccc3c(-c4ccccc4)c4ccccc4c(-c4ccccc4)c3c2)OC1(C)C. The van der Waals surface area contributed by atoms with E-state index in [1.54, 1.807) is 0 Å². The molecule has 2 nitrogen and oxygen atoms in total. The van der Waals surface area contributed by atoms with Gasteiger partial charge in [-0.25, -0.2) is 0 Å². The molecule has 0 atom stereocenters. The lowest BCUT2D eigenvalue weighted by Crippen LogP contribution is -2.41. The van der Waals surface area contributed by atoms with Crippen LogP contribution in [0.5, 0.6) is 0 Å². The van der Waals surface area contributed by atoms with Crippen molar-refractivity contribution in [3.05, 3.63) is 109 Å². The molecule has 0 aromatic heterocycles. The molecule has 5 aromatic rings. The molecular weight excluding hydrogens is 428 g/mol. The van der Waals surface area contributed by atoms with Gasteiger partial charge in [0.1, 0.15) is 0 Å². The Kier molecular flexibility index (Phi) is 5.07. The van der Waals surface area contributed by atoms with Crippen LogP contribution < -0.4 is 0 Å². The maximum absolute atomic E-state index is 6.42. The number of rotatable bonds is 3. The lowest BCUT2D eigenvalue weighted by Gasteiger charge is -2.30. The standard InChI is InChI=1S/C33H30O2/c1-32(2)33(3,4)35-31(34-32)24-19-20-27-28(21-24)30(23-15-9-6-10-16-23)26-18-12-11-17-25(26)29(27)22-13-7-5-8-14-22/h5-21,31H,1-4H3. The lowest BCUT2D eigenvalue weighted by atomic mass is 9.85. The molecule has 0 bridgehead atoms. The van der Waals surface area contributed by atoms with Crippen LogP contribution in [0.25, 0.3) is 43.8 Å². The fraction of sp³-hybridized carbons (Fsp3) is 0.212. The molecule has 1 heterocycles. The van der Waals surface area contributed by atoms with E-state index >= 15 is 0 Å². The Bertz CT molecular complexity index is 1520. The van der Waals surface area contributed by atoms with Crippen LogP contribution in [0.2, 0.25) is 0 Å². The number of hydrogen-bond donors (Lipinski definition) is 0. The van der Waals surface area contributed by atoms with E-state index in [1.165, 1.54) is 43.8 Å². The van der Waals surface area contributed by atoms with E-state index in [0.717, 1.165) is 5.56 Å². The first kappa shape index (κ1) is 22.0. The normalized spacial score (nSPS) is 17.3. The summed E-state index contributed by atoms with van der Waals surface area (Å²) in [5.41, 5.74) is 5.21. The number of ether oxygens (including phenoxy) is 2. The van der Waals surface area contributed by atoms with Crippen molar-refractivity contribution in [3.8, 4) is 22.3 Å². The number of benzene rings is 5. The summed E-state index contributed by atoms with van der Waals surface area (Å²) in [6.07, 6.45) is -0.403. The van der Waals surface area contributed by atoms with Gasteiger partial charge in [-0.3, -0.25) is 0 Å². The van der Waals surface area contributed by atoms with Crippen LogP contribution in [0.1, 0.15) is 39.5 Å². The molecule has 1 fully saturated rings. The molecule has 0 spiro atoms. The number of fused-ring (bicyclic) bond motifs is 2. The summed E-state index contributed by atoms with van der Waals surface area (Å²) >= 11 is 0. The zero-order valence-corrected chi connectivity index (χ0v) is 20.7. The summed E-state index contributed by atoms with van der Waals surface area (Å²) in [6, 6.07) is 36.8. The first-order chi connectivity index (χ1) is 16.9. The van der Waals surface area contributed by atoms with Crippen LogP contribution in [-0.2, 0) is 9.47 Å². The molecule has 35 heavy (non-hydrogen) atoms. The first-order valence-corrected chi connectivity index (χ1v) is 12.3. The highest BCUT2D eigenvalue weighted by Gasteiger charge is 2.49. The van der Waals surface area contributed by atoms with Crippen molar-refractivity contribution in [3.63, 3.8) is 0 Å². The molecule has 1 aliphatic rings. The van der Waals surface area contributed by atoms with E-state index in [4.69, 9.17) is 9.47 Å². The molecule has 174 valence electrons. The average molecular weight is 459 g/mol. The van der Waals surface area contributed by atoms with Gasteiger partial charge >= 0.3 is 0 Å². The van der Waals surface area contributed by atoms with E-state index in [0.29, 0.717) is 0 Å². The second kappa shape index (κ2) is 8.05. The van der Waals surface area contributed by atoms with Gasteiger partial charge in [0.15, 0.2) is 6.29 Å². The molecule has 6 rings (SSSR count). The fourth-order valence-corrected chi connectivity index (χ4v) is 5.15. The van der Waals surface area contributed by atoms with E-state index in [2.05, 4.69) is 131 Å². The van der Waals surface area contributed by atoms with Gasteiger partial charge in [-0.2, -0.15) is 0 Å². The van der Waals surface area contributed by atoms with Crippen LogP contribution in [0.3, 0.4) is 0 Å². The Labute approximate surface area is 207 Å². The van der Waals surface area contributed by atoms with E-state index < -0.39 is 6.29 Å². The summed E-state index contributed by atoms with van der Waals surface area (Å²) in [7, 11) is 0. The second-order valence-corrected chi connectivity index (χ2v) is 10.4. The van der Waals surface area contributed by atoms with Crippen molar-refractivity contribution >= 4 is 21.5 Å². The topological polar surface area (TPSA) is 18.5 Å². The van der Waals surface area contributed by atoms with E-state index in [1.807, 2.05) is 0 Å². The van der Waals surface area contributed by atoms with Crippen LogP contribution >= 0.6 is 0 Å². The van der Waals surface area contributed by atoms with Crippen molar-refractivity contribution < 1.29 is 9.47 Å². The molecule has 0 amide bonds. The molecule has 0 aliphatic carbocycles. The maximum atomic E-state index is 6.42. The Morgan fingerprint density at radius 2 is 0.914 bits per heavy atom. The first-order valence-electron chi connectivity index (χ1n) is 12.3. The lowest BCUT2D eigenvalue weighted by molar-refractivity contribution is -0.0894. The van der Waals surface area contributed by atoms with Gasteiger partial charge in [0.2, 0.25) is 0 Å². The predicted molar refractivity (Wildman–Crippen MR) is 145 cm³/mol. The highest BCUT2D eigenvalue weighted by molar-refractivity contribution is 6.21. The molecule has 1 saturated heterocycles. The third-order valence-corrected chi connectivity index (χ3v) is 7.70. The fourth-order valence-electron chi connectivity index (χ4n) is 5.15. The quantitative estimate of drug-likeness (QED) is 0.251. The van der Waals surface area contributed by atoms with Gasteiger partial charge in [-0.1, -0.05) is 97.1 Å². The highest BCUT2D eigenvalue weighted by Crippen LogP contribution is 2.48. The van der Waals surface area contributed by atoms with Gasteiger partial charge in [0.25, 0.3) is 0 Å². The predicted octanol–water partition coefficient (Wildman–Crippen LogP) is 8.93. The maximum Gasteiger partial charge on any atom is 0.185 e. The van der Waals surface area contributed by atoms with Crippen LogP contribution in [0.15, 0.2) is 103 Å². The highest BCUT2D eigenvalue weighted by atomic mass is 16.7. The van der Waals surface area contributed by atoms with Crippen LogP contribution in [-0.4, -0.2) is 11.2 Å². The van der Waals surface area contributed by atoms with Crippen molar-refractivity contribution in [2.75, 3.05) is 0 Å². The van der Waals surface area contributed by atoms with Crippen molar-refractivity contribution in [1.29, 1.82) is 0 Å². The molecule has 0 N–H and O–H groups in total. The second-order valence-electron chi connectivity index (χ2n) is 10.4. The Morgan fingerprint density at radius 1 is 0.486 bits per heavy atom. The minimum atomic E-state index is -0.403. The summed E-state index contributed by atoms with van der Waals surface area (Å²) in [6.45, 7) is 8.41. The van der Waals surface area contributed by atoms with Gasteiger partial charge < -0.3 is 9.47 Å². The van der Waals surface area contributed by atoms with Crippen molar-refractivity contribution in [1.82, 2.24) is 0 Å². The molecule has 0 radical (unpaired) electrons. The zero-order valence-electron chi connectivity index (χ0n) is 20.7. The summed E-state index contributed by atoms with van der Waals surface area (Å²) < 4.78 is 12.8. The zero-order chi connectivity index (χ0) is 24.2. The minimum Gasteiger partial charge on any atom is -0.339 e. The Morgan fingerprint density at radius 3 is 1.43 bits per heavy atom. The van der Waals surface area contributed by atoms with Gasteiger partial charge in [0, 0.05) is 5.56 Å². The average Bonchev–Trinajstić information content (AvgIpc) is 3.09. The minimum absolute atomic E-state index is 0.381. The largest absolute Gasteiger partial charge is 0.339 e. The molecule has 1 aliphatic heterocycles. The molecule has 2 heteroatoms. The smallest absolute Gasteiger partial charge is 0.185 e. The van der Waals surface area contributed by atoms with E-state index in [9.17, 15) is 0 Å².